The SMILES string of the molecule is C[n+]1ccn(CCCS(=O)(=O)Nc2cc(Cl)c(N)cc2O)c1. The summed E-state index contributed by atoms with van der Waals surface area (Å²) in [5.41, 5.74) is 5.73. The Labute approximate surface area is 134 Å². The maximum Gasteiger partial charge on any atom is 0.243 e. The molecule has 1 aromatic carbocycles. The second-order valence-electron chi connectivity index (χ2n) is 4.98. The monoisotopic (exact) mass is 345 g/mol. The van der Waals surface area contributed by atoms with E-state index in [2.05, 4.69) is 4.72 Å². The Balaban J connectivity index is 1.97. The summed E-state index contributed by atoms with van der Waals surface area (Å²) >= 11 is 5.82. The van der Waals surface area contributed by atoms with Crippen LogP contribution in [0.2, 0.25) is 5.02 Å². The number of aromatic nitrogens is 2. The molecule has 0 aliphatic heterocycles. The van der Waals surface area contributed by atoms with Crippen molar-refractivity contribution in [3.63, 3.8) is 0 Å². The van der Waals surface area contributed by atoms with Crippen LogP contribution in [0.4, 0.5) is 11.4 Å². The number of rotatable bonds is 6. The number of phenols is 1. The Kier molecular flexibility index (Phi) is 4.82. The van der Waals surface area contributed by atoms with E-state index in [4.69, 9.17) is 17.3 Å². The first-order valence-corrected chi connectivity index (χ1v) is 8.59. The van der Waals surface area contributed by atoms with Gasteiger partial charge in [0, 0.05) is 12.5 Å². The van der Waals surface area contributed by atoms with Crippen LogP contribution in [0.25, 0.3) is 0 Å². The minimum absolute atomic E-state index is 0.0200. The van der Waals surface area contributed by atoms with Crippen LogP contribution in [0.5, 0.6) is 5.75 Å². The van der Waals surface area contributed by atoms with Gasteiger partial charge >= 0.3 is 0 Å². The number of nitrogen functional groups attached to an aromatic ring is 1. The lowest BCUT2D eigenvalue weighted by Crippen LogP contribution is -2.24. The Morgan fingerprint density at radius 3 is 2.82 bits per heavy atom. The number of hydrogen-bond acceptors (Lipinski definition) is 4. The summed E-state index contributed by atoms with van der Waals surface area (Å²) in [6.45, 7) is 0.580. The van der Waals surface area contributed by atoms with Gasteiger partial charge in [0.2, 0.25) is 16.4 Å². The third kappa shape index (κ3) is 4.28. The Morgan fingerprint density at radius 2 is 2.18 bits per heavy atom. The molecule has 0 atom stereocenters. The molecule has 0 aliphatic rings. The number of imidazole rings is 1. The molecule has 0 bridgehead atoms. The highest BCUT2D eigenvalue weighted by Crippen LogP contribution is 2.32. The van der Waals surface area contributed by atoms with Gasteiger partial charge in [-0.05, 0) is 6.07 Å². The summed E-state index contributed by atoms with van der Waals surface area (Å²) in [6.07, 6.45) is 6.05. The highest BCUT2D eigenvalue weighted by Gasteiger charge is 2.15. The lowest BCUT2D eigenvalue weighted by molar-refractivity contribution is -0.671. The van der Waals surface area contributed by atoms with Gasteiger partial charge in [-0.25, -0.2) is 17.6 Å². The predicted octanol–water partition coefficient (Wildman–Crippen LogP) is 1.09. The summed E-state index contributed by atoms with van der Waals surface area (Å²) in [6, 6.07) is 2.50. The van der Waals surface area contributed by atoms with E-state index in [1.807, 2.05) is 34.9 Å². The third-order valence-corrected chi connectivity index (χ3v) is 4.72. The Bertz CT molecular complexity index is 774. The van der Waals surface area contributed by atoms with Crippen molar-refractivity contribution in [3.05, 3.63) is 35.9 Å². The molecule has 22 heavy (non-hydrogen) atoms. The molecule has 0 saturated heterocycles. The predicted molar refractivity (Wildman–Crippen MR) is 85.2 cm³/mol. The lowest BCUT2D eigenvalue weighted by Gasteiger charge is -2.10. The summed E-state index contributed by atoms with van der Waals surface area (Å²) in [4.78, 5) is 0. The molecular formula is C13H18ClN4O3S+. The molecule has 2 rings (SSSR count). The molecule has 9 heteroatoms. The summed E-state index contributed by atoms with van der Waals surface area (Å²) < 4.78 is 30.2. The average molecular weight is 346 g/mol. The third-order valence-electron chi connectivity index (χ3n) is 3.03. The number of benzene rings is 1. The van der Waals surface area contributed by atoms with E-state index in [0.717, 1.165) is 0 Å². The lowest BCUT2D eigenvalue weighted by atomic mass is 10.2. The smallest absolute Gasteiger partial charge is 0.243 e. The van der Waals surface area contributed by atoms with Crippen molar-refractivity contribution in [2.75, 3.05) is 16.2 Å². The topological polar surface area (TPSA) is 101 Å². The van der Waals surface area contributed by atoms with Crippen molar-refractivity contribution >= 4 is 33.0 Å². The van der Waals surface area contributed by atoms with Crippen LogP contribution in [0.15, 0.2) is 30.9 Å². The number of sulfonamides is 1. The highest BCUT2D eigenvalue weighted by molar-refractivity contribution is 7.92. The summed E-state index contributed by atoms with van der Waals surface area (Å²) in [5.74, 6) is -0.334. The molecule has 1 aromatic heterocycles. The van der Waals surface area contributed by atoms with Gasteiger partial charge in [-0.2, -0.15) is 0 Å². The van der Waals surface area contributed by atoms with Crippen molar-refractivity contribution in [2.24, 2.45) is 7.05 Å². The first kappa shape index (κ1) is 16.4. The fraction of sp³-hybridized carbons (Fsp3) is 0.308. The zero-order valence-electron chi connectivity index (χ0n) is 12.0. The number of halogens is 1. The zero-order chi connectivity index (χ0) is 16.3. The molecule has 0 unspecified atom stereocenters. The molecule has 0 amide bonds. The normalized spacial score (nSPS) is 11.5. The summed E-state index contributed by atoms with van der Waals surface area (Å²) in [5, 5.41) is 9.89. The van der Waals surface area contributed by atoms with E-state index in [1.165, 1.54) is 12.1 Å². The number of nitrogens with one attached hydrogen (secondary N) is 1. The van der Waals surface area contributed by atoms with E-state index < -0.39 is 10.0 Å². The van der Waals surface area contributed by atoms with Gasteiger partial charge in [-0.3, -0.25) is 4.72 Å². The first-order valence-electron chi connectivity index (χ1n) is 6.56. The number of aryl methyl sites for hydroxylation is 2. The number of aromatic hydroxyl groups is 1. The van der Waals surface area contributed by atoms with Gasteiger partial charge in [0.1, 0.15) is 18.1 Å². The highest BCUT2D eigenvalue weighted by atomic mass is 35.5. The minimum atomic E-state index is -3.58. The number of phenolic OH excluding ortho intramolecular Hbond substituents is 1. The Morgan fingerprint density at radius 1 is 1.45 bits per heavy atom. The molecule has 1 heterocycles. The van der Waals surface area contributed by atoms with Crippen molar-refractivity contribution in [1.82, 2.24) is 4.57 Å². The number of hydrogen-bond donors (Lipinski definition) is 3. The van der Waals surface area contributed by atoms with Crippen LogP contribution in [-0.4, -0.2) is 23.8 Å². The Hall–Kier alpha value is -1.93. The fourth-order valence-corrected chi connectivity index (χ4v) is 3.22. The van der Waals surface area contributed by atoms with Gasteiger partial charge in [0.15, 0.2) is 0 Å². The van der Waals surface area contributed by atoms with Crippen molar-refractivity contribution < 1.29 is 18.1 Å². The van der Waals surface area contributed by atoms with Crippen LogP contribution in [0, 0.1) is 0 Å². The first-order chi connectivity index (χ1) is 10.3. The number of anilines is 2. The van der Waals surface area contributed by atoms with Gasteiger partial charge in [0.25, 0.3) is 0 Å². The van der Waals surface area contributed by atoms with Gasteiger partial charge in [0.05, 0.1) is 35.7 Å². The van der Waals surface area contributed by atoms with E-state index in [1.54, 1.807) is 0 Å². The average Bonchev–Trinajstić information content (AvgIpc) is 2.81. The maximum absolute atomic E-state index is 12.0. The second-order valence-corrected chi connectivity index (χ2v) is 7.23. The molecule has 4 N–H and O–H groups in total. The van der Waals surface area contributed by atoms with E-state index in [0.29, 0.717) is 13.0 Å². The quantitative estimate of drug-likeness (QED) is 0.414. The number of nitrogens with zero attached hydrogens (tertiary/aromatic N) is 2. The van der Waals surface area contributed by atoms with Gasteiger partial charge in [-0.15, -0.1) is 0 Å². The van der Waals surface area contributed by atoms with Crippen LogP contribution in [0.1, 0.15) is 6.42 Å². The fourth-order valence-electron chi connectivity index (χ4n) is 1.95. The molecule has 2 aromatic rings. The molecule has 7 nitrogen and oxygen atoms in total. The molecule has 0 radical (unpaired) electrons. The summed E-state index contributed by atoms with van der Waals surface area (Å²) in [7, 11) is -1.69. The van der Waals surface area contributed by atoms with Crippen LogP contribution in [-0.2, 0) is 23.6 Å². The molecule has 0 spiro atoms. The van der Waals surface area contributed by atoms with Gasteiger partial charge in [-0.1, -0.05) is 11.6 Å². The van der Waals surface area contributed by atoms with Crippen LogP contribution in [0.3, 0.4) is 0 Å². The largest absolute Gasteiger partial charge is 0.506 e. The van der Waals surface area contributed by atoms with E-state index >= 15 is 0 Å². The van der Waals surface area contributed by atoms with Crippen LogP contribution >= 0.6 is 11.6 Å². The zero-order valence-corrected chi connectivity index (χ0v) is 13.6. The van der Waals surface area contributed by atoms with E-state index in [9.17, 15) is 13.5 Å². The minimum Gasteiger partial charge on any atom is -0.506 e. The number of nitrogens with two attached hydrogens (primary N) is 1. The van der Waals surface area contributed by atoms with Crippen molar-refractivity contribution in [1.29, 1.82) is 0 Å². The second kappa shape index (κ2) is 6.45. The maximum atomic E-state index is 12.0. The molecule has 0 fully saturated rings. The van der Waals surface area contributed by atoms with Crippen molar-refractivity contribution in [2.45, 2.75) is 13.0 Å². The standard InChI is InChI=1S/C13H17ClN4O3S/c1-17-4-5-18(9-17)3-2-6-22(20,21)16-12-7-10(14)11(15)8-13(12)19/h4-5,7-9,16H,2-3,6,15H2,1H3/p+1. The van der Waals surface area contributed by atoms with E-state index in [-0.39, 0.29) is 27.9 Å². The van der Waals surface area contributed by atoms with Crippen molar-refractivity contribution in [3.8, 4) is 5.75 Å². The molecular weight excluding hydrogens is 328 g/mol. The molecule has 0 aliphatic carbocycles. The molecule has 0 saturated carbocycles. The molecule has 120 valence electrons. The van der Waals surface area contributed by atoms with Gasteiger partial charge < -0.3 is 10.8 Å². The van der Waals surface area contributed by atoms with Crippen LogP contribution < -0.4 is 15.0 Å².